The van der Waals surface area contributed by atoms with Crippen molar-refractivity contribution in [2.75, 3.05) is 11.9 Å². The van der Waals surface area contributed by atoms with Crippen molar-refractivity contribution >= 4 is 17.4 Å². The number of hydrogen-bond acceptors (Lipinski definition) is 2. The Labute approximate surface area is 102 Å². The van der Waals surface area contributed by atoms with Crippen LogP contribution >= 0.6 is 11.6 Å². The van der Waals surface area contributed by atoms with Gasteiger partial charge in [0.05, 0.1) is 0 Å². The van der Waals surface area contributed by atoms with E-state index in [1.54, 1.807) is 6.07 Å². The summed E-state index contributed by atoms with van der Waals surface area (Å²) < 4.78 is 0. The van der Waals surface area contributed by atoms with Gasteiger partial charge in [-0.2, -0.15) is 0 Å². The Bertz CT molecular complexity index is 346. The summed E-state index contributed by atoms with van der Waals surface area (Å²) >= 11 is 5.86. The SMILES string of the molecule is CCC1(CNc2cccc(Cl)n2)CCCC1. The van der Waals surface area contributed by atoms with Crippen molar-refractivity contribution in [2.24, 2.45) is 5.41 Å². The van der Waals surface area contributed by atoms with Gasteiger partial charge < -0.3 is 5.32 Å². The minimum Gasteiger partial charge on any atom is -0.369 e. The second kappa shape index (κ2) is 5.05. The van der Waals surface area contributed by atoms with Crippen LogP contribution in [0.5, 0.6) is 0 Å². The van der Waals surface area contributed by atoms with Gasteiger partial charge in [-0.15, -0.1) is 0 Å². The van der Waals surface area contributed by atoms with Crippen LogP contribution in [0.4, 0.5) is 5.82 Å². The predicted molar refractivity (Wildman–Crippen MR) is 68.9 cm³/mol. The summed E-state index contributed by atoms with van der Waals surface area (Å²) in [4.78, 5) is 4.25. The van der Waals surface area contributed by atoms with Gasteiger partial charge in [0.2, 0.25) is 0 Å². The van der Waals surface area contributed by atoms with Gasteiger partial charge >= 0.3 is 0 Å². The topological polar surface area (TPSA) is 24.9 Å². The van der Waals surface area contributed by atoms with E-state index >= 15 is 0 Å². The van der Waals surface area contributed by atoms with Gasteiger partial charge in [0.1, 0.15) is 11.0 Å². The molecule has 2 rings (SSSR count). The third-order valence-electron chi connectivity index (χ3n) is 3.77. The molecule has 0 spiro atoms. The molecule has 0 amide bonds. The van der Waals surface area contributed by atoms with E-state index in [4.69, 9.17) is 11.6 Å². The molecule has 1 N–H and O–H groups in total. The maximum Gasteiger partial charge on any atom is 0.131 e. The smallest absolute Gasteiger partial charge is 0.131 e. The second-order valence-electron chi connectivity index (χ2n) is 4.76. The highest BCUT2D eigenvalue weighted by Gasteiger charge is 2.31. The third-order valence-corrected chi connectivity index (χ3v) is 3.98. The van der Waals surface area contributed by atoms with Crippen LogP contribution in [0.15, 0.2) is 18.2 Å². The molecule has 16 heavy (non-hydrogen) atoms. The molecule has 0 unspecified atom stereocenters. The molecule has 0 aliphatic heterocycles. The van der Waals surface area contributed by atoms with Crippen molar-refractivity contribution in [2.45, 2.75) is 39.0 Å². The van der Waals surface area contributed by atoms with Crippen molar-refractivity contribution in [1.29, 1.82) is 0 Å². The average molecular weight is 239 g/mol. The maximum atomic E-state index is 5.86. The number of pyridine rings is 1. The van der Waals surface area contributed by atoms with Crippen LogP contribution in [0.1, 0.15) is 39.0 Å². The molecular formula is C13H19ClN2. The van der Waals surface area contributed by atoms with Gasteiger partial charge in [-0.3, -0.25) is 0 Å². The van der Waals surface area contributed by atoms with Gasteiger partial charge in [-0.05, 0) is 36.8 Å². The molecule has 0 bridgehead atoms. The summed E-state index contributed by atoms with van der Waals surface area (Å²) in [5.74, 6) is 0.896. The highest BCUT2D eigenvalue weighted by molar-refractivity contribution is 6.29. The molecular weight excluding hydrogens is 220 g/mol. The van der Waals surface area contributed by atoms with Crippen molar-refractivity contribution < 1.29 is 0 Å². The van der Waals surface area contributed by atoms with E-state index in [0.717, 1.165) is 12.4 Å². The summed E-state index contributed by atoms with van der Waals surface area (Å²) in [7, 11) is 0. The van der Waals surface area contributed by atoms with Crippen LogP contribution in [-0.2, 0) is 0 Å². The van der Waals surface area contributed by atoms with E-state index in [1.807, 2.05) is 12.1 Å². The molecule has 0 saturated heterocycles. The van der Waals surface area contributed by atoms with Gasteiger partial charge in [0.25, 0.3) is 0 Å². The number of aromatic nitrogens is 1. The van der Waals surface area contributed by atoms with Crippen molar-refractivity contribution in [1.82, 2.24) is 4.98 Å². The van der Waals surface area contributed by atoms with Crippen LogP contribution in [0.2, 0.25) is 5.15 Å². The molecule has 88 valence electrons. The Kier molecular flexibility index (Phi) is 3.70. The lowest BCUT2D eigenvalue weighted by Gasteiger charge is -2.27. The lowest BCUT2D eigenvalue weighted by Crippen LogP contribution is -2.26. The molecule has 3 heteroatoms. The standard InChI is InChI=1S/C13H19ClN2/c1-2-13(8-3-4-9-13)10-15-12-7-5-6-11(14)16-12/h5-7H,2-4,8-10H2,1H3,(H,15,16). The molecule has 1 heterocycles. The largest absolute Gasteiger partial charge is 0.369 e. The summed E-state index contributed by atoms with van der Waals surface area (Å²) in [6.07, 6.45) is 6.69. The molecule has 1 aliphatic carbocycles. The van der Waals surface area contributed by atoms with Crippen molar-refractivity contribution in [3.63, 3.8) is 0 Å². The van der Waals surface area contributed by atoms with Crippen LogP contribution in [-0.4, -0.2) is 11.5 Å². The molecule has 0 radical (unpaired) electrons. The zero-order chi connectivity index (χ0) is 11.4. The highest BCUT2D eigenvalue weighted by Crippen LogP contribution is 2.40. The predicted octanol–water partition coefficient (Wildman–Crippen LogP) is 4.12. The molecule has 1 aliphatic rings. The molecule has 1 saturated carbocycles. The summed E-state index contributed by atoms with van der Waals surface area (Å²) in [6, 6.07) is 5.72. The third kappa shape index (κ3) is 2.67. The summed E-state index contributed by atoms with van der Waals surface area (Å²) in [5.41, 5.74) is 0.490. The Morgan fingerprint density at radius 2 is 2.12 bits per heavy atom. The number of nitrogens with zero attached hydrogens (tertiary/aromatic N) is 1. The number of rotatable bonds is 4. The first kappa shape index (κ1) is 11.7. The minimum absolute atomic E-state index is 0.490. The molecule has 0 atom stereocenters. The van der Waals surface area contributed by atoms with E-state index < -0.39 is 0 Å². The lowest BCUT2D eigenvalue weighted by molar-refractivity contribution is 0.306. The van der Waals surface area contributed by atoms with Crippen LogP contribution < -0.4 is 5.32 Å². The summed E-state index contributed by atoms with van der Waals surface area (Å²) in [6.45, 7) is 3.31. The first-order valence-corrected chi connectivity index (χ1v) is 6.48. The van der Waals surface area contributed by atoms with Gasteiger partial charge in [-0.25, -0.2) is 4.98 Å². The van der Waals surface area contributed by atoms with Crippen LogP contribution in [0, 0.1) is 5.41 Å². The van der Waals surface area contributed by atoms with E-state index in [-0.39, 0.29) is 0 Å². The Morgan fingerprint density at radius 1 is 1.38 bits per heavy atom. The number of halogens is 1. The Hall–Kier alpha value is -0.760. The van der Waals surface area contributed by atoms with Crippen molar-refractivity contribution in [3.05, 3.63) is 23.4 Å². The van der Waals surface area contributed by atoms with Crippen LogP contribution in [0.25, 0.3) is 0 Å². The second-order valence-corrected chi connectivity index (χ2v) is 5.15. The van der Waals surface area contributed by atoms with Gasteiger partial charge in [0, 0.05) is 6.54 Å². The maximum absolute atomic E-state index is 5.86. The van der Waals surface area contributed by atoms with E-state index in [9.17, 15) is 0 Å². The average Bonchev–Trinajstić information content (AvgIpc) is 2.76. The fourth-order valence-corrected chi connectivity index (χ4v) is 2.73. The Balaban J connectivity index is 1.95. The Morgan fingerprint density at radius 3 is 2.75 bits per heavy atom. The van der Waals surface area contributed by atoms with E-state index in [1.165, 1.54) is 32.1 Å². The van der Waals surface area contributed by atoms with Crippen molar-refractivity contribution in [3.8, 4) is 0 Å². The van der Waals surface area contributed by atoms with Gasteiger partial charge in [-0.1, -0.05) is 37.4 Å². The molecule has 0 aromatic carbocycles. The highest BCUT2D eigenvalue weighted by atomic mass is 35.5. The van der Waals surface area contributed by atoms with E-state index in [0.29, 0.717) is 10.6 Å². The first-order chi connectivity index (χ1) is 7.74. The van der Waals surface area contributed by atoms with Crippen LogP contribution in [0.3, 0.4) is 0 Å². The van der Waals surface area contributed by atoms with Gasteiger partial charge in [0.15, 0.2) is 0 Å². The van der Waals surface area contributed by atoms with E-state index in [2.05, 4.69) is 17.2 Å². The molecule has 1 aromatic heterocycles. The number of nitrogens with one attached hydrogen (secondary N) is 1. The molecule has 1 aromatic rings. The molecule has 2 nitrogen and oxygen atoms in total. The number of anilines is 1. The normalized spacial score (nSPS) is 18.6. The fourth-order valence-electron chi connectivity index (χ4n) is 2.57. The quantitative estimate of drug-likeness (QED) is 0.799. The monoisotopic (exact) mass is 238 g/mol. The zero-order valence-electron chi connectivity index (χ0n) is 9.80. The fraction of sp³-hybridized carbons (Fsp3) is 0.615. The first-order valence-electron chi connectivity index (χ1n) is 6.11. The lowest BCUT2D eigenvalue weighted by atomic mass is 9.83. The molecule has 1 fully saturated rings. The number of hydrogen-bond donors (Lipinski definition) is 1. The zero-order valence-corrected chi connectivity index (χ0v) is 10.6. The summed E-state index contributed by atoms with van der Waals surface area (Å²) in [5, 5.41) is 3.98. The minimum atomic E-state index is 0.490.